The number of hydrogen-bond donors (Lipinski definition) is 1. The molecule has 1 atom stereocenters. The Morgan fingerprint density at radius 2 is 2.00 bits per heavy atom. The molecular formula is C14H14ClN5O2. The maximum absolute atomic E-state index is 5.86. The van der Waals surface area contributed by atoms with Gasteiger partial charge < -0.3 is 8.94 Å². The smallest absolute Gasteiger partial charge is 0.257 e. The Morgan fingerprint density at radius 3 is 2.68 bits per heavy atom. The number of halogens is 1. The predicted molar refractivity (Wildman–Crippen MR) is 79.0 cm³/mol. The molecule has 0 saturated heterocycles. The van der Waals surface area contributed by atoms with E-state index in [2.05, 4.69) is 25.7 Å². The Hall–Kier alpha value is -2.25. The summed E-state index contributed by atoms with van der Waals surface area (Å²) in [5.41, 5.74) is 0.822. The molecule has 3 rings (SSSR count). The fourth-order valence-electron chi connectivity index (χ4n) is 1.86. The second-order valence-electron chi connectivity index (χ2n) is 4.78. The Balaban J connectivity index is 1.66. The Bertz CT molecular complexity index is 753. The van der Waals surface area contributed by atoms with Crippen LogP contribution in [0.4, 0.5) is 0 Å². The van der Waals surface area contributed by atoms with Crippen molar-refractivity contribution in [2.75, 3.05) is 0 Å². The number of aryl methyl sites for hydroxylation is 1. The molecule has 0 unspecified atom stereocenters. The van der Waals surface area contributed by atoms with Gasteiger partial charge in [0.1, 0.15) is 0 Å². The summed E-state index contributed by atoms with van der Waals surface area (Å²) in [5.74, 6) is 2.06. The van der Waals surface area contributed by atoms with Gasteiger partial charge in [-0.25, -0.2) is 0 Å². The standard InChI is InChI=1S/C14H14ClN5O2/c1-8(16-7-12-19-18-9(2)21-12)13-17-14(22-20-13)10-3-5-11(15)6-4-10/h3-6,8,16H,7H2,1-2H3/t8-/m1/s1. The van der Waals surface area contributed by atoms with Crippen LogP contribution in [0, 0.1) is 6.92 Å². The van der Waals surface area contributed by atoms with Gasteiger partial charge in [0, 0.05) is 17.5 Å². The highest BCUT2D eigenvalue weighted by atomic mass is 35.5. The molecule has 0 fully saturated rings. The molecule has 1 N–H and O–H groups in total. The molecular weight excluding hydrogens is 306 g/mol. The lowest BCUT2D eigenvalue weighted by Crippen LogP contribution is -2.19. The molecule has 2 aromatic heterocycles. The van der Waals surface area contributed by atoms with Gasteiger partial charge >= 0.3 is 0 Å². The predicted octanol–water partition coefficient (Wildman–Crippen LogP) is 2.93. The van der Waals surface area contributed by atoms with Gasteiger partial charge in [0.15, 0.2) is 5.82 Å². The van der Waals surface area contributed by atoms with E-state index >= 15 is 0 Å². The third-order valence-electron chi connectivity index (χ3n) is 3.05. The van der Waals surface area contributed by atoms with E-state index in [1.165, 1.54) is 0 Å². The fraction of sp³-hybridized carbons (Fsp3) is 0.286. The quantitative estimate of drug-likeness (QED) is 0.773. The van der Waals surface area contributed by atoms with Crippen molar-refractivity contribution in [2.45, 2.75) is 26.4 Å². The molecule has 0 radical (unpaired) electrons. The zero-order chi connectivity index (χ0) is 15.5. The van der Waals surface area contributed by atoms with Crippen molar-refractivity contribution in [3.05, 3.63) is 46.9 Å². The highest BCUT2D eigenvalue weighted by Gasteiger charge is 2.15. The molecule has 3 aromatic rings. The summed E-state index contributed by atoms with van der Waals surface area (Å²) >= 11 is 5.86. The molecule has 0 spiro atoms. The summed E-state index contributed by atoms with van der Waals surface area (Å²) in [6.07, 6.45) is 0. The minimum absolute atomic E-state index is 0.114. The van der Waals surface area contributed by atoms with E-state index < -0.39 is 0 Å². The molecule has 22 heavy (non-hydrogen) atoms. The highest BCUT2D eigenvalue weighted by Crippen LogP contribution is 2.21. The minimum atomic E-state index is -0.114. The summed E-state index contributed by atoms with van der Waals surface area (Å²) in [6, 6.07) is 7.11. The highest BCUT2D eigenvalue weighted by molar-refractivity contribution is 6.30. The summed E-state index contributed by atoms with van der Waals surface area (Å²) in [5, 5.41) is 15.5. The molecule has 7 nitrogen and oxygen atoms in total. The minimum Gasteiger partial charge on any atom is -0.424 e. The molecule has 0 aliphatic carbocycles. The first kappa shape index (κ1) is 14.7. The zero-order valence-corrected chi connectivity index (χ0v) is 12.8. The lowest BCUT2D eigenvalue weighted by atomic mass is 10.2. The second-order valence-corrected chi connectivity index (χ2v) is 5.22. The molecule has 114 valence electrons. The monoisotopic (exact) mass is 319 g/mol. The summed E-state index contributed by atoms with van der Waals surface area (Å²) < 4.78 is 10.6. The van der Waals surface area contributed by atoms with Crippen LogP contribution in [0.3, 0.4) is 0 Å². The van der Waals surface area contributed by atoms with Crippen molar-refractivity contribution < 1.29 is 8.94 Å². The number of benzene rings is 1. The first-order valence-electron chi connectivity index (χ1n) is 6.74. The van der Waals surface area contributed by atoms with Gasteiger partial charge in [-0.15, -0.1) is 10.2 Å². The van der Waals surface area contributed by atoms with E-state index in [9.17, 15) is 0 Å². The summed E-state index contributed by atoms with van der Waals surface area (Å²) in [4.78, 5) is 4.38. The van der Waals surface area contributed by atoms with Crippen LogP contribution in [0.5, 0.6) is 0 Å². The number of hydrogen-bond acceptors (Lipinski definition) is 7. The molecule has 1 aromatic carbocycles. The van der Waals surface area contributed by atoms with Crippen LogP contribution >= 0.6 is 11.6 Å². The maximum Gasteiger partial charge on any atom is 0.257 e. The van der Waals surface area contributed by atoms with Crippen molar-refractivity contribution in [3.63, 3.8) is 0 Å². The van der Waals surface area contributed by atoms with E-state index in [-0.39, 0.29) is 6.04 Å². The first-order chi connectivity index (χ1) is 10.6. The zero-order valence-electron chi connectivity index (χ0n) is 12.1. The van der Waals surface area contributed by atoms with Gasteiger partial charge in [-0.1, -0.05) is 16.8 Å². The normalized spacial score (nSPS) is 12.5. The van der Waals surface area contributed by atoms with E-state index in [1.807, 2.05) is 19.1 Å². The topological polar surface area (TPSA) is 89.9 Å². The van der Waals surface area contributed by atoms with Crippen molar-refractivity contribution in [1.82, 2.24) is 25.7 Å². The van der Waals surface area contributed by atoms with Crippen molar-refractivity contribution >= 4 is 11.6 Å². The van der Waals surface area contributed by atoms with Crippen LogP contribution in [0.15, 0.2) is 33.2 Å². The van der Waals surface area contributed by atoms with E-state index in [0.29, 0.717) is 35.1 Å². The van der Waals surface area contributed by atoms with Crippen LogP contribution in [-0.2, 0) is 6.54 Å². The van der Waals surface area contributed by atoms with Gasteiger partial charge in [0.25, 0.3) is 5.89 Å². The van der Waals surface area contributed by atoms with Gasteiger partial charge in [0.2, 0.25) is 11.8 Å². The maximum atomic E-state index is 5.86. The summed E-state index contributed by atoms with van der Waals surface area (Å²) in [7, 11) is 0. The van der Waals surface area contributed by atoms with E-state index in [0.717, 1.165) is 5.56 Å². The van der Waals surface area contributed by atoms with Crippen molar-refractivity contribution in [3.8, 4) is 11.5 Å². The van der Waals surface area contributed by atoms with Gasteiger partial charge in [0.05, 0.1) is 12.6 Å². The number of rotatable bonds is 5. The van der Waals surface area contributed by atoms with Gasteiger partial charge in [-0.3, -0.25) is 5.32 Å². The first-order valence-corrected chi connectivity index (χ1v) is 7.11. The second kappa shape index (κ2) is 6.25. The lowest BCUT2D eigenvalue weighted by molar-refractivity contribution is 0.396. The molecule has 0 saturated carbocycles. The van der Waals surface area contributed by atoms with Crippen LogP contribution in [0.1, 0.15) is 30.6 Å². The number of nitrogens with zero attached hydrogens (tertiary/aromatic N) is 4. The summed E-state index contributed by atoms with van der Waals surface area (Å²) in [6.45, 7) is 4.12. The molecule has 8 heteroatoms. The fourth-order valence-corrected chi connectivity index (χ4v) is 1.99. The van der Waals surface area contributed by atoms with Gasteiger partial charge in [-0.05, 0) is 31.2 Å². The largest absolute Gasteiger partial charge is 0.424 e. The Kier molecular flexibility index (Phi) is 4.17. The average molecular weight is 320 g/mol. The SMILES string of the molecule is Cc1nnc(CN[C@H](C)c2noc(-c3ccc(Cl)cc3)n2)o1. The molecule has 2 heterocycles. The van der Waals surface area contributed by atoms with Crippen molar-refractivity contribution in [1.29, 1.82) is 0 Å². The molecule has 0 aliphatic rings. The molecule has 0 aliphatic heterocycles. The molecule has 0 bridgehead atoms. The van der Waals surface area contributed by atoms with Crippen molar-refractivity contribution in [2.24, 2.45) is 0 Å². The third-order valence-corrected chi connectivity index (χ3v) is 3.30. The van der Waals surface area contributed by atoms with E-state index in [4.69, 9.17) is 20.5 Å². The lowest BCUT2D eigenvalue weighted by Gasteiger charge is -2.06. The Labute approximate surface area is 131 Å². The molecule has 0 amide bonds. The number of aromatic nitrogens is 4. The van der Waals surface area contributed by atoms with Crippen LogP contribution in [0.25, 0.3) is 11.5 Å². The number of nitrogens with one attached hydrogen (secondary N) is 1. The van der Waals surface area contributed by atoms with Gasteiger partial charge in [-0.2, -0.15) is 4.98 Å². The van der Waals surface area contributed by atoms with Crippen LogP contribution in [-0.4, -0.2) is 20.3 Å². The average Bonchev–Trinajstić information content (AvgIpc) is 3.15. The third kappa shape index (κ3) is 3.32. The van der Waals surface area contributed by atoms with E-state index in [1.54, 1.807) is 19.1 Å². The van der Waals surface area contributed by atoms with Crippen LogP contribution < -0.4 is 5.32 Å². The Morgan fingerprint density at radius 1 is 1.23 bits per heavy atom. The van der Waals surface area contributed by atoms with Crippen LogP contribution in [0.2, 0.25) is 5.02 Å².